The molecule has 0 saturated carbocycles. The Labute approximate surface area is 127 Å². The monoisotopic (exact) mass is 308 g/mol. The highest BCUT2D eigenvalue weighted by Crippen LogP contribution is 2.39. The third-order valence-electron chi connectivity index (χ3n) is 3.24. The second-order valence-corrected chi connectivity index (χ2v) is 8.09. The van der Waals surface area contributed by atoms with E-state index in [9.17, 15) is 9.32 Å². The average molecular weight is 308 g/mol. The average Bonchev–Trinajstić information content (AvgIpc) is 2.48. The van der Waals surface area contributed by atoms with Crippen molar-refractivity contribution in [2.24, 2.45) is 0 Å². The van der Waals surface area contributed by atoms with Gasteiger partial charge in [0.05, 0.1) is 0 Å². The molecule has 0 spiro atoms. The normalized spacial score (nSPS) is 29.0. The molecule has 1 aromatic rings. The van der Waals surface area contributed by atoms with Crippen LogP contribution in [0.4, 0.5) is 0 Å². The molecule has 2 rings (SSSR count). The molecule has 0 radical (unpaired) electrons. The number of thioether (sulfide) groups is 1. The third-order valence-corrected chi connectivity index (χ3v) is 7.22. The van der Waals surface area contributed by atoms with Crippen LogP contribution in [0.15, 0.2) is 48.6 Å². The topological polar surface area (TPSA) is 37.3 Å². The zero-order valence-corrected chi connectivity index (χ0v) is 13.2. The van der Waals surface area contributed by atoms with Crippen molar-refractivity contribution in [3.05, 3.63) is 54.1 Å². The Balaban J connectivity index is 2.21. The van der Waals surface area contributed by atoms with Crippen LogP contribution in [0.3, 0.4) is 0 Å². The first kappa shape index (κ1) is 15.5. The molecule has 1 unspecified atom stereocenters. The summed E-state index contributed by atoms with van der Waals surface area (Å²) in [6.07, 6.45) is 7.63. The summed E-state index contributed by atoms with van der Waals surface area (Å²) in [6.45, 7) is 1.90. The van der Waals surface area contributed by atoms with Gasteiger partial charge in [0.2, 0.25) is 0 Å². The Bertz CT molecular complexity index is 510. The van der Waals surface area contributed by atoms with Gasteiger partial charge < -0.3 is 5.11 Å². The zero-order chi connectivity index (χ0) is 14.4. The largest absolute Gasteiger partial charge is 0.386 e. The number of allylic oxidation sites excluding steroid dienone is 1. The van der Waals surface area contributed by atoms with Gasteiger partial charge in [0, 0.05) is 16.6 Å². The number of aliphatic hydroxyl groups is 1. The molecule has 1 fully saturated rings. The van der Waals surface area contributed by atoms with Crippen molar-refractivity contribution in [2.75, 3.05) is 11.5 Å². The SMILES string of the molecule is C/C=C/[C@@]1([C@@H](O)/C=C/c2ccccc2)SCCCS1=O. The van der Waals surface area contributed by atoms with Crippen LogP contribution >= 0.6 is 11.8 Å². The van der Waals surface area contributed by atoms with Gasteiger partial charge in [0.15, 0.2) is 0 Å². The van der Waals surface area contributed by atoms with Gasteiger partial charge in [0.25, 0.3) is 0 Å². The fourth-order valence-electron chi connectivity index (χ4n) is 2.22. The molecule has 108 valence electrons. The van der Waals surface area contributed by atoms with Crippen LogP contribution in [0.1, 0.15) is 18.9 Å². The fraction of sp³-hybridized carbons (Fsp3) is 0.375. The Morgan fingerprint density at radius 3 is 2.80 bits per heavy atom. The number of aliphatic hydroxyl groups excluding tert-OH is 1. The maximum atomic E-state index is 12.4. The predicted octanol–water partition coefficient (Wildman–Crippen LogP) is 3.22. The quantitative estimate of drug-likeness (QED) is 0.868. The van der Waals surface area contributed by atoms with Crippen molar-refractivity contribution in [3.63, 3.8) is 0 Å². The minimum absolute atomic E-state index is 0.660. The molecular weight excluding hydrogens is 288 g/mol. The van der Waals surface area contributed by atoms with Crippen molar-refractivity contribution in [3.8, 4) is 0 Å². The smallest absolute Gasteiger partial charge is 0.138 e. The zero-order valence-electron chi connectivity index (χ0n) is 11.6. The molecular formula is C16H20O2S2. The summed E-state index contributed by atoms with van der Waals surface area (Å²) in [6, 6.07) is 9.84. The van der Waals surface area contributed by atoms with E-state index in [-0.39, 0.29) is 0 Å². The maximum Gasteiger partial charge on any atom is 0.138 e. The lowest BCUT2D eigenvalue weighted by Gasteiger charge is -2.35. The van der Waals surface area contributed by atoms with E-state index < -0.39 is 21.0 Å². The van der Waals surface area contributed by atoms with Crippen LogP contribution in [0.5, 0.6) is 0 Å². The molecule has 3 atom stereocenters. The summed E-state index contributed by atoms with van der Waals surface area (Å²) in [4.78, 5) is 0. The second-order valence-electron chi connectivity index (χ2n) is 4.69. The Morgan fingerprint density at radius 1 is 1.40 bits per heavy atom. The Morgan fingerprint density at radius 2 is 2.15 bits per heavy atom. The predicted molar refractivity (Wildman–Crippen MR) is 89.1 cm³/mol. The molecule has 0 aromatic heterocycles. The van der Waals surface area contributed by atoms with Gasteiger partial charge in [-0.05, 0) is 24.7 Å². The van der Waals surface area contributed by atoms with Crippen molar-refractivity contribution in [1.82, 2.24) is 0 Å². The summed E-state index contributed by atoms with van der Waals surface area (Å²) < 4.78 is 11.7. The number of hydrogen-bond donors (Lipinski definition) is 1. The summed E-state index contributed by atoms with van der Waals surface area (Å²) in [7, 11) is -1.05. The Kier molecular flexibility index (Phi) is 5.64. The lowest BCUT2D eigenvalue weighted by atomic mass is 10.1. The van der Waals surface area contributed by atoms with Gasteiger partial charge in [-0.2, -0.15) is 0 Å². The van der Waals surface area contributed by atoms with Crippen LogP contribution in [0, 0.1) is 0 Å². The summed E-state index contributed by atoms with van der Waals surface area (Å²) >= 11 is 1.60. The summed E-state index contributed by atoms with van der Waals surface area (Å²) in [5.74, 6) is 1.60. The molecule has 1 aliphatic rings. The maximum absolute atomic E-state index is 12.4. The lowest BCUT2D eigenvalue weighted by Crippen LogP contribution is -2.44. The Hall–Kier alpha value is -0.840. The first-order chi connectivity index (χ1) is 9.69. The molecule has 1 aliphatic heterocycles. The van der Waals surface area contributed by atoms with E-state index in [2.05, 4.69) is 0 Å². The summed E-state index contributed by atoms with van der Waals surface area (Å²) in [5.41, 5.74) is 1.04. The van der Waals surface area contributed by atoms with E-state index in [1.165, 1.54) is 0 Å². The van der Waals surface area contributed by atoms with Gasteiger partial charge in [0.1, 0.15) is 10.2 Å². The van der Waals surface area contributed by atoms with Crippen molar-refractivity contribution < 1.29 is 9.32 Å². The van der Waals surface area contributed by atoms with Crippen molar-refractivity contribution in [1.29, 1.82) is 0 Å². The molecule has 0 amide bonds. The number of hydrogen-bond acceptors (Lipinski definition) is 3. The molecule has 1 saturated heterocycles. The standard InChI is InChI=1S/C16H20O2S2/c1-2-11-16(19-12-6-13-20(16)18)15(17)10-9-14-7-4-3-5-8-14/h2-5,7-11,15,17H,6,12-13H2,1H3/b10-9+,11-2+/t15-,16+,20?/m0/s1. The molecule has 1 heterocycles. The van der Waals surface area contributed by atoms with Crippen molar-refractivity contribution >= 4 is 28.6 Å². The first-order valence-corrected chi connectivity index (χ1v) is 9.07. The van der Waals surface area contributed by atoms with Crippen LogP contribution in [-0.4, -0.2) is 31.0 Å². The highest BCUT2D eigenvalue weighted by Gasteiger charge is 2.42. The molecule has 1 aromatic carbocycles. The minimum Gasteiger partial charge on any atom is -0.386 e. The van der Waals surface area contributed by atoms with Gasteiger partial charge in [-0.3, -0.25) is 4.21 Å². The number of rotatable bonds is 4. The summed E-state index contributed by atoms with van der Waals surface area (Å²) in [5, 5.41) is 10.5. The first-order valence-electron chi connectivity index (χ1n) is 6.76. The third kappa shape index (κ3) is 3.43. The van der Waals surface area contributed by atoms with Crippen LogP contribution in [0.25, 0.3) is 6.08 Å². The highest BCUT2D eigenvalue weighted by atomic mass is 32.2. The van der Waals surface area contributed by atoms with Crippen LogP contribution < -0.4 is 0 Å². The van der Waals surface area contributed by atoms with E-state index in [4.69, 9.17) is 0 Å². The van der Waals surface area contributed by atoms with E-state index in [0.29, 0.717) is 5.75 Å². The highest BCUT2D eigenvalue weighted by molar-refractivity contribution is 8.13. The van der Waals surface area contributed by atoms with E-state index in [1.807, 2.05) is 55.5 Å². The van der Waals surface area contributed by atoms with Gasteiger partial charge >= 0.3 is 0 Å². The van der Waals surface area contributed by atoms with Gasteiger partial charge in [-0.25, -0.2) is 0 Å². The lowest BCUT2D eigenvalue weighted by molar-refractivity contribution is 0.221. The minimum atomic E-state index is -1.05. The van der Waals surface area contributed by atoms with Crippen LogP contribution in [0.2, 0.25) is 0 Å². The fourth-order valence-corrected chi connectivity index (χ4v) is 5.88. The molecule has 2 nitrogen and oxygen atoms in total. The number of benzene rings is 1. The van der Waals surface area contributed by atoms with E-state index >= 15 is 0 Å². The molecule has 1 N–H and O–H groups in total. The van der Waals surface area contributed by atoms with Gasteiger partial charge in [-0.1, -0.05) is 54.6 Å². The van der Waals surface area contributed by atoms with Crippen molar-refractivity contribution in [2.45, 2.75) is 23.5 Å². The van der Waals surface area contributed by atoms with Gasteiger partial charge in [-0.15, -0.1) is 11.8 Å². The van der Waals surface area contributed by atoms with Crippen LogP contribution in [-0.2, 0) is 10.8 Å². The van der Waals surface area contributed by atoms with E-state index in [1.54, 1.807) is 17.8 Å². The molecule has 0 aliphatic carbocycles. The molecule has 20 heavy (non-hydrogen) atoms. The van der Waals surface area contributed by atoms with E-state index in [0.717, 1.165) is 17.7 Å². The molecule has 4 heteroatoms. The second kappa shape index (κ2) is 7.25. The molecule has 0 bridgehead atoms.